The third kappa shape index (κ3) is 3.12. The number of halogens is 1. The zero-order valence-electron chi connectivity index (χ0n) is 13.0. The van der Waals surface area contributed by atoms with Gasteiger partial charge in [-0.2, -0.15) is 15.1 Å². The number of H-pyrrole nitrogens is 1. The van der Waals surface area contributed by atoms with E-state index in [1.165, 1.54) is 6.42 Å². The van der Waals surface area contributed by atoms with Gasteiger partial charge in [0.05, 0.1) is 11.6 Å². The zero-order chi connectivity index (χ0) is 15.3. The Labute approximate surface area is 129 Å². The fourth-order valence-corrected chi connectivity index (χ4v) is 4.23. The molecule has 2 heterocycles. The van der Waals surface area contributed by atoms with Crippen molar-refractivity contribution >= 4 is 28.5 Å². The molecular formula is C15H22ClN5. The molecule has 0 saturated heterocycles. The van der Waals surface area contributed by atoms with Gasteiger partial charge >= 0.3 is 0 Å². The van der Waals surface area contributed by atoms with Gasteiger partial charge in [0.2, 0.25) is 5.28 Å². The quantitative estimate of drug-likeness (QED) is 0.822. The molecule has 0 aliphatic heterocycles. The smallest absolute Gasteiger partial charge is 0.226 e. The summed E-state index contributed by atoms with van der Waals surface area (Å²) in [5.74, 6) is 0.775. The highest BCUT2D eigenvalue weighted by Gasteiger charge is 2.38. The molecule has 1 fully saturated rings. The summed E-state index contributed by atoms with van der Waals surface area (Å²) >= 11 is 6.00. The Morgan fingerprint density at radius 3 is 2.52 bits per heavy atom. The van der Waals surface area contributed by atoms with E-state index in [9.17, 15) is 0 Å². The van der Waals surface area contributed by atoms with Crippen LogP contribution in [-0.4, -0.2) is 26.2 Å². The van der Waals surface area contributed by atoms with Crippen LogP contribution >= 0.6 is 11.6 Å². The van der Waals surface area contributed by atoms with Gasteiger partial charge in [0.15, 0.2) is 5.65 Å². The normalized spacial score (nSPS) is 21.6. The molecule has 0 spiro atoms. The van der Waals surface area contributed by atoms with Crippen LogP contribution in [0.1, 0.15) is 47.0 Å². The molecule has 1 aliphatic rings. The number of hydrogen-bond acceptors (Lipinski definition) is 4. The Bertz CT molecular complexity index is 645. The van der Waals surface area contributed by atoms with Crippen LogP contribution in [0.2, 0.25) is 5.28 Å². The summed E-state index contributed by atoms with van der Waals surface area (Å²) in [7, 11) is 0. The van der Waals surface area contributed by atoms with E-state index >= 15 is 0 Å². The summed E-state index contributed by atoms with van der Waals surface area (Å²) in [6.07, 6.45) is 5.23. The first-order valence-corrected chi connectivity index (χ1v) is 7.75. The van der Waals surface area contributed by atoms with E-state index in [2.05, 4.69) is 53.2 Å². The highest BCUT2D eigenvalue weighted by molar-refractivity contribution is 6.28. The fraction of sp³-hybridized carbons (Fsp3) is 0.667. The molecule has 114 valence electrons. The lowest BCUT2D eigenvalue weighted by molar-refractivity contribution is 0.105. The Balaban J connectivity index is 1.89. The maximum absolute atomic E-state index is 6.00. The van der Waals surface area contributed by atoms with E-state index in [4.69, 9.17) is 11.6 Å². The van der Waals surface area contributed by atoms with Crippen molar-refractivity contribution in [1.29, 1.82) is 0 Å². The van der Waals surface area contributed by atoms with Gasteiger partial charge in [-0.25, -0.2) is 0 Å². The van der Waals surface area contributed by atoms with Gasteiger partial charge in [0.25, 0.3) is 0 Å². The summed E-state index contributed by atoms with van der Waals surface area (Å²) in [6, 6.07) is 0.382. The SMILES string of the molecule is CC1(C)CC(Nc2nc(Cl)nc3[nH]ncc23)CC(C)(C)C1. The van der Waals surface area contributed by atoms with Crippen molar-refractivity contribution in [1.82, 2.24) is 20.2 Å². The first-order chi connectivity index (χ1) is 9.74. The van der Waals surface area contributed by atoms with Crippen molar-refractivity contribution in [3.05, 3.63) is 11.5 Å². The number of aromatic nitrogens is 4. The molecule has 0 amide bonds. The molecule has 2 aromatic heterocycles. The molecule has 0 unspecified atom stereocenters. The number of nitrogens with one attached hydrogen (secondary N) is 2. The van der Waals surface area contributed by atoms with Gasteiger partial charge in [0.1, 0.15) is 5.82 Å². The van der Waals surface area contributed by atoms with Crippen LogP contribution in [0.5, 0.6) is 0 Å². The standard InChI is InChI=1S/C15H22ClN5/c1-14(2)5-9(6-15(3,4)8-14)18-11-10-7-17-21-12(10)20-13(16)19-11/h7,9H,5-6,8H2,1-4H3,(H2,17,18,19,20,21). The summed E-state index contributed by atoms with van der Waals surface area (Å²) < 4.78 is 0. The number of anilines is 1. The monoisotopic (exact) mass is 307 g/mol. The third-order valence-corrected chi connectivity index (χ3v) is 4.35. The van der Waals surface area contributed by atoms with Crippen molar-refractivity contribution in [2.24, 2.45) is 10.8 Å². The van der Waals surface area contributed by atoms with Gasteiger partial charge in [-0.3, -0.25) is 5.10 Å². The lowest BCUT2D eigenvalue weighted by atomic mass is 9.63. The van der Waals surface area contributed by atoms with Gasteiger partial charge in [0, 0.05) is 6.04 Å². The average molecular weight is 308 g/mol. The van der Waals surface area contributed by atoms with Crippen molar-refractivity contribution in [3.63, 3.8) is 0 Å². The van der Waals surface area contributed by atoms with Crippen LogP contribution < -0.4 is 5.32 Å². The molecule has 3 rings (SSSR count). The van der Waals surface area contributed by atoms with Crippen LogP contribution in [0.3, 0.4) is 0 Å². The predicted molar refractivity (Wildman–Crippen MR) is 85.5 cm³/mol. The third-order valence-electron chi connectivity index (χ3n) is 4.18. The number of rotatable bonds is 2. The second-order valence-electron chi connectivity index (χ2n) is 7.73. The van der Waals surface area contributed by atoms with Gasteiger partial charge in [-0.05, 0) is 41.7 Å². The number of aromatic amines is 1. The Morgan fingerprint density at radius 1 is 1.19 bits per heavy atom. The molecule has 1 saturated carbocycles. The molecule has 6 heteroatoms. The fourth-order valence-electron chi connectivity index (χ4n) is 4.06. The Hall–Kier alpha value is -1.36. The Kier molecular flexibility index (Phi) is 3.35. The van der Waals surface area contributed by atoms with E-state index in [0.29, 0.717) is 22.5 Å². The first-order valence-electron chi connectivity index (χ1n) is 7.37. The van der Waals surface area contributed by atoms with Crippen LogP contribution in [0, 0.1) is 10.8 Å². The van der Waals surface area contributed by atoms with E-state index in [1.807, 2.05) is 0 Å². The molecule has 2 N–H and O–H groups in total. The van der Waals surface area contributed by atoms with Crippen molar-refractivity contribution in [2.75, 3.05) is 5.32 Å². The largest absolute Gasteiger partial charge is 0.367 e. The average Bonchev–Trinajstić information content (AvgIpc) is 2.71. The van der Waals surface area contributed by atoms with Crippen LogP contribution in [0.4, 0.5) is 5.82 Å². The summed E-state index contributed by atoms with van der Waals surface area (Å²) in [5, 5.41) is 11.6. The van der Waals surface area contributed by atoms with Crippen molar-refractivity contribution in [2.45, 2.75) is 53.0 Å². The lowest BCUT2D eigenvalue weighted by Gasteiger charge is -2.45. The molecule has 0 bridgehead atoms. The van der Waals surface area contributed by atoms with E-state index in [0.717, 1.165) is 24.0 Å². The maximum atomic E-state index is 6.00. The highest BCUT2D eigenvalue weighted by atomic mass is 35.5. The second kappa shape index (κ2) is 4.83. The van der Waals surface area contributed by atoms with E-state index in [1.54, 1.807) is 6.20 Å². The van der Waals surface area contributed by atoms with Crippen LogP contribution in [-0.2, 0) is 0 Å². The lowest BCUT2D eigenvalue weighted by Crippen LogP contribution is -2.40. The topological polar surface area (TPSA) is 66.5 Å². The van der Waals surface area contributed by atoms with Gasteiger partial charge in [-0.15, -0.1) is 0 Å². The molecule has 0 atom stereocenters. The minimum Gasteiger partial charge on any atom is -0.367 e. The van der Waals surface area contributed by atoms with Crippen LogP contribution in [0.25, 0.3) is 11.0 Å². The van der Waals surface area contributed by atoms with E-state index in [-0.39, 0.29) is 5.28 Å². The number of fused-ring (bicyclic) bond motifs is 1. The predicted octanol–water partition coefficient (Wildman–Crippen LogP) is 4.02. The molecule has 0 aromatic carbocycles. The molecule has 21 heavy (non-hydrogen) atoms. The Morgan fingerprint density at radius 2 is 1.86 bits per heavy atom. The van der Waals surface area contributed by atoms with Crippen molar-refractivity contribution in [3.8, 4) is 0 Å². The minimum absolute atomic E-state index is 0.239. The zero-order valence-corrected chi connectivity index (χ0v) is 13.8. The maximum Gasteiger partial charge on any atom is 0.226 e. The molecular weight excluding hydrogens is 286 g/mol. The summed E-state index contributed by atoms with van der Waals surface area (Å²) in [6.45, 7) is 9.35. The first kappa shape index (κ1) is 14.6. The number of nitrogens with zero attached hydrogens (tertiary/aromatic N) is 3. The second-order valence-corrected chi connectivity index (χ2v) is 8.07. The summed E-state index contributed by atoms with van der Waals surface area (Å²) in [4.78, 5) is 8.49. The van der Waals surface area contributed by atoms with E-state index < -0.39 is 0 Å². The summed E-state index contributed by atoms with van der Waals surface area (Å²) in [5.41, 5.74) is 1.32. The molecule has 1 aliphatic carbocycles. The number of hydrogen-bond donors (Lipinski definition) is 2. The highest BCUT2D eigenvalue weighted by Crippen LogP contribution is 2.46. The van der Waals surface area contributed by atoms with Crippen molar-refractivity contribution < 1.29 is 0 Å². The molecule has 5 nitrogen and oxygen atoms in total. The molecule has 2 aromatic rings. The molecule has 0 radical (unpaired) electrons. The van der Waals surface area contributed by atoms with Gasteiger partial charge < -0.3 is 5.32 Å². The van der Waals surface area contributed by atoms with Gasteiger partial charge in [-0.1, -0.05) is 27.7 Å². The minimum atomic E-state index is 0.239. The van der Waals surface area contributed by atoms with Crippen LogP contribution in [0.15, 0.2) is 6.20 Å².